The molecule has 0 saturated carbocycles. The van der Waals surface area contributed by atoms with Gasteiger partial charge in [-0.15, -0.1) is 11.8 Å². The number of amides is 1. The fraction of sp³-hybridized carbons (Fsp3) is 0.263. The van der Waals surface area contributed by atoms with Gasteiger partial charge in [0.1, 0.15) is 11.3 Å². The number of fused-ring (bicyclic) bond motifs is 1. The monoisotopic (exact) mass is 372 g/mol. The van der Waals surface area contributed by atoms with Crippen molar-refractivity contribution in [1.82, 2.24) is 4.57 Å². The molecule has 3 aromatic rings. The van der Waals surface area contributed by atoms with Crippen molar-refractivity contribution in [2.45, 2.75) is 25.3 Å². The van der Waals surface area contributed by atoms with E-state index in [1.165, 1.54) is 11.3 Å². The lowest BCUT2D eigenvalue weighted by Gasteiger charge is -2.05. The maximum atomic E-state index is 12.6. The Labute approximate surface area is 155 Å². The normalized spacial score (nSPS) is 11.9. The molecule has 0 atom stereocenters. The lowest BCUT2D eigenvalue weighted by molar-refractivity contribution is 0.0998. The molecule has 25 heavy (non-hydrogen) atoms. The average molecular weight is 373 g/mol. The Morgan fingerprint density at radius 1 is 1.20 bits per heavy atom. The van der Waals surface area contributed by atoms with Gasteiger partial charge in [0, 0.05) is 17.0 Å². The Kier molecular flexibility index (Phi) is 5.60. The SMILES string of the molecule is CCSc1ccc(C(=O)N=c2sc3cccc(OC)c3n2CC)cc1. The molecule has 0 aliphatic rings. The number of carbonyl (C=O) groups is 1. The summed E-state index contributed by atoms with van der Waals surface area (Å²) in [6, 6.07) is 13.5. The molecule has 1 aromatic heterocycles. The van der Waals surface area contributed by atoms with Crippen LogP contribution in [-0.4, -0.2) is 23.3 Å². The highest BCUT2D eigenvalue weighted by Crippen LogP contribution is 2.27. The van der Waals surface area contributed by atoms with Crippen LogP contribution in [0.15, 0.2) is 52.4 Å². The minimum absolute atomic E-state index is 0.222. The quantitative estimate of drug-likeness (QED) is 0.616. The first-order valence-electron chi connectivity index (χ1n) is 8.16. The van der Waals surface area contributed by atoms with Crippen LogP contribution < -0.4 is 9.54 Å². The number of ether oxygens (including phenoxy) is 1. The van der Waals surface area contributed by atoms with Crippen LogP contribution in [0.5, 0.6) is 5.75 Å². The number of hydrogen-bond acceptors (Lipinski definition) is 4. The Morgan fingerprint density at radius 2 is 1.96 bits per heavy atom. The molecule has 0 fully saturated rings. The summed E-state index contributed by atoms with van der Waals surface area (Å²) in [6.45, 7) is 4.87. The number of aryl methyl sites for hydroxylation is 1. The Bertz CT molecular complexity index is 956. The van der Waals surface area contributed by atoms with E-state index < -0.39 is 0 Å². The average Bonchev–Trinajstić information content (AvgIpc) is 2.99. The van der Waals surface area contributed by atoms with E-state index in [9.17, 15) is 4.79 Å². The molecule has 6 heteroatoms. The van der Waals surface area contributed by atoms with Gasteiger partial charge in [-0.2, -0.15) is 4.99 Å². The minimum atomic E-state index is -0.222. The second kappa shape index (κ2) is 7.89. The first-order valence-corrected chi connectivity index (χ1v) is 9.96. The van der Waals surface area contributed by atoms with Crippen molar-refractivity contribution in [2.75, 3.05) is 12.9 Å². The Balaban J connectivity index is 2.04. The third-order valence-electron chi connectivity index (χ3n) is 3.81. The largest absolute Gasteiger partial charge is 0.495 e. The van der Waals surface area contributed by atoms with E-state index in [0.29, 0.717) is 10.4 Å². The summed E-state index contributed by atoms with van der Waals surface area (Å²) in [5.41, 5.74) is 1.59. The van der Waals surface area contributed by atoms with E-state index >= 15 is 0 Å². The highest BCUT2D eigenvalue weighted by atomic mass is 32.2. The summed E-state index contributed by atoms with van der Waals surface area (Å²) in [4.78, 5) is 18.8. The summed E-state index contributed by atoms with van der Waals surface area (Å²) in [5.74, 6) is 1.59. The van der Waals surface area contributed by atoms with Crippen molar-refractivity contribution in [3.63, 3.8) is 0 Å². The minimum Gasteiger partial charge on any atom is -0.495 e. The van der Waals surface area contributed by atoms with Crippen LogP contribution >= 0.6 is 23.1 Å². The van der Waals surface area contributed by atoms with Gasteiger partial charge >= 0.3 is 0 Å². The number of methoxy groups -OCH3 is 1. The van der Waals surface area contributed by atoms with Gasteiger partial charge < -0.3 is 9.30 Å². The van der Waals surface area contributed by atoms with E-state index in [-0.39, 0.29) is 5.91 Å². The number of rotatable bonds is 5. The fourth-order valence-electron chi connectivity index (χ4n) is 2.65. The van der Waals surface area contributed by atoms with E-state index in [1.54, 1.807) is 18.9 Å². The zero-order chi connectivity index (χ0) is 17.8. The smallest absolute Gasteiger partial charge is 0.279 e. The van der Waals surface area contributed by atoms with Gasteiger partial charge in [-0.1, -0.05) is 24.3 Å². The number of aromatic nitrogens is 1. The summed E-state index contributed by atoms with van der Waals surface area (Å²) in [6.07, 6.45) is 0. The predicted molar refractivity (Wildman–Crippen MR) is 105 cm³/mol. The predicted octanol–water partition coefficient (Wildman–Crippen LogP) is 4.58. The van der Waals surface area contributed by atoms with Crippen LogP contribution in [0, 0.1) is 0 Å². The Hall–Kier alpha value is -2.05. The lowest BCUT2D eigenvalue weighted by atomic mass is 10.2. The molecule has 1 heterocycles. The van der Waals surface area contributed by atoms with Gasteiger partial charge in [0.15, 0.2) is 4.80 Å². The second-order valence-electron chi connectivity index (χ2n) is 5.31. The maximum absolute atomic E-state index is 12.6. The topological polar surface area (TPSA) is 43.6 Å². The van der Waals surface area contributed by atoms with E-state index in [2.05, 4.69) is 11.9 Å². The van der Waals surface area contributed by atoms with Crippen LogP contribution in [0.2, 0.25) is 0 Å². The molecular weight excluding hydrogens is 352 g/mol. The molecule has 0 spiro atoms. The summed E-state index contributed by atoms with van der Waals surface area (Å²) >= 11 is 3.26. The highest BCUT2D eigenvalue weighted by Gasteiger charge is 2.12. The van der Waals surface area contributed by atoms with Gasteiger partial charge in [-0.05, 0) is 49.1 Å². The van der Waals surface area contributed by atoms with Gasteiger partial charge in [0.2, 0.25) is 0 Å². The van der Waals surface area contributed by atoms with Crippen LogP contribution in [-0.2, 0) is 6.54 Å². The maximum Gasteiger partial charge on any atom is 0.279 e. The number of carbonyl (C=O) groups excluding carboxylic acids is 1. The van der Waals surface area contributed by atoms with Gasteiger partial charge in [-0.25, -0.2) is 0 Å². The zero-order valence-corrected chi connectivity index (χ0v) is 16.1. The molecule has 4 nitrogen and oxygen atoms in total. The summed E-state index contributed by atoms with van der Waals surface area (Å²) in [7, 11) is 1.66. The number of benzene rings is 2. The van der Waals surface area contributed by atoms with E-state index in [4.69, 9.17) is 4.74 Å². The van der Waals surface area contributed by atoms with E-state index in [0.717, 1.165) is 33.2 Å². The zero-order valence-electron chi connectivity index (χ0n) is 14.5. The molecule has 0 radical (unpaired) electrons. The van der Waals surface area contributed by atoms with Crippen molar-refractivity contribution in [2.24, 2.45) is 4.99 Å². The molecular formula is C19H20N2O2S2. The molecule has 3 rings (SSSR count). The van der Waals surface area contributed by atoms with E-state index in [1.807, 2.05) is 54.0 Å². The summed E-state index contributed by atoms with van der Waals surface area (Å²) < 4.78 is 8.55. The standard InChI is InChI=1S/C19H20N2O2S2/c1-4-21-17-15(23-3)7-6-8-16(17)25-19(21)20-18(22)13-9-11-14(12-10-13)24-5-2/h6-12H,4-5H2,1-3H3. The van der Waals surface area contributed by atoms with Crippen LogP contribution in [0.25, 0.3) is 10.2 Å². The van der Waals surface area contributed by atoms with Gasteiger partial charge in [0.25, 0.3) is 5.91 Å². The van der Waals surface area contributed by atoms with Crippen molar-refractivity contribution < 1.29 is 9.53 Å². The fourth-order valence-corrected chi connectivity index (χ4v) is 4.42. The molecule has 130 valence electrons. The second-order valence-corrected chi connectivity index (χ2v) is 7.66. The third kappa shape index (κ3) is 3.65. The molecule has 0 aliphatic carbocycles. The first kappa shape index (κ1) is 17.8. The van der Waals surface area contributed by atoms with Crippen LogP contribution in [0.3, 0.4) is 0 Å². The Morgan fingerprint density at radius 3 is 2.60 bits per heavy atom. The van der Waals surface area contributed by atoms with Crippen molar-refractivity contribution in [3.05, 3.63) is 52.8 Å². The molecule has 1 amide bonds. The number of thiazole rings is 1. The van der Waals surface area contributed by atoms with Crippen LogP contribution in [0.4, 0.5) is 0 Å². The molecule has 0 aliphatic heterocycles. The molecule has 0 bridgehead atoms. The van der Waals surface area contributed by atoms with Gasteiger partial charge in [0.05, 0.1) is 11.8 Å². The van der Waals surface area contributed by atoms with Gasteiger partial charge in [-0.3, -0.25) is 4.79 Å². The number of hydrogen-bond donors (Lipinski definition) is 0. The number of thioether (sulfide) groups is 1. The molecule has 0 unspecified atom stereocenters. The van der Waals surface area contributed by atoms with Crippen molar-refractivity contribution >= 4 is 39.2 Å². The lowest BCUT2D eigenvalue weighted by Crippen LogP contribution is -2.16. The van der Waals surface area contributed by atoms with Crippen molar-refractivity contribution in [1.29, 1.82) is 0 Å². The van der Waals surface area contributed by atoms with Crippen LogP contribution in [0.1, 0.15) is 24.2 Å². The number of nitrogens with zero attached hydrogens (tertiary/aromatic N) is 2. The molecule has 2 aromatic carbocycles. The molecule has 0 saturated heterocycles. The van der Waals surface area contributed by atoms with Crippen molar-refractivity contribution in [3.8, 4) is 5.75 Å². The number of para-hydroxylation sites is 1. The first-order chi connectivity index (χ1) is 12.2. The summed E-state index contributed by atoms with van der Waals surface area (Å²) in [5, 5.41) is 0. The highest BCUT2D eigenvalue weighted by molar-refractivity contribution is 7.99. The molecule has 0 N–H and O–H groups in total. The third-order valence-corrected chi connectivity index (χ3v) is 5.75.